The van der Waals surface area contributed by atoms with Crippen LogP contribution in [0.4, 0.5) is 0 Å². The van der Waals surface area contributed by atoms with Crippen LogP contribution in [0.5, 0.6) is 5.75 Å². The molecule has 0 saturated heterocycles. The Balaban J connectivity index is 2.37. The summed E-state index contributed by atoms with van der Waals surface area (Å²) >= 11 is 0. The van der Waals surface area contributed by atoms with Crippen molar-refractivity contribution in [2.24, 2.45) is 10.9 Å². The Morgan fingerprint density at radius 3 is 2.56 bits per heavy atom. The van der Waals surface area contributed by atoms with E-state index in [9.17, 15) is 0 Å². The summed E-state index contributed by atoms with van der Waals surface area (Å²) in [5.41, 5.74) is 6.35. The lowest BCUT2D eigenvalue weighted by atomic mass is 10.1. The maximum atomic E-state index is 8.74. The molecule has 0 aliphatic carbocycles. The van der Waals surface area contributed by atoms with Crippen LogP contribution in [0.3, 0.4) is 0 Å². The maximum absolute atomic E-state index is 8.74. The van der Waals surface area contributed by atoms with E-state index < -0.39 is 0 Å². The second kappa shape index (κ2) is 6.68. The van der Waals surface area contributed by atoms with Gasteiger partial charge in [-0.25, -0.2) is 0 Å². The van der Waals surface area contributed by atoms with E-state index in [1.165, 1.54) is 0 Å². The quantitative estimate of drug-likeness (QED) is 0.288. The van der Waals surface area contributed by atoms with Gasteiger partial charge in [0.25, 0.3) is 0 Å². The van der Waals surface area contributed by atoms with Crippen LogP contribution < -0.4 is 10.5 Å². The Morgan fingerprint density at radius 1 is 1.31 bits per heavy atom. The molecule has 0 spiro atoms. The van der Waals surface area contributed by atoms with Gasteiger partial charge in [0.05, 0.1) is 6.61 Å². The molecule has 0 aliphatic heterocycles. The van der Waals surface area contributed by atoms with Crippen molar-refractivity contribution in [2.45, 2.75) is 12.8 Å². The highest BCUT2D eigenvalue weighted by Crippen LogP contribution is 2.12. The second-order valence-corrected chi connectivity index (χ2v) is 3.31. The Hall–Kier alpha value is -1.75. The van der Waals surface area contributed by atoms with E-state index in [0.29, 0.717) is 19.4 Å². The first-order valence-corrected chi connectivity index (χ1v) is 5.05. The number of oxime groups is 1. The summed E-state index contributed by atoms with van der Waals surface area (Å²) < 4.78 is 5.38. The molecule has 0 unspecified atom stereocenters. The number of nitrogens with zero attached hydrogens (tertiary/aromatic N) is 1. The third kappa shape index (κ3) is 4.18. The highest BCUT2D eigenvalue weighted by Gasteiger charge is 1.97. The van der Waals surface area contributed by atoms with Gasteiger partial charge in [0.1, 0.15) is 11.6 Å². The van der Waals surface area contributed by atoms with Gasteiger partial charge >= 0.3 is 0 Å². The fraction of sp³-hybridized carbons (Fsp3) is 0.364. The number of hydrogen-bond donors (Lipinski definition) is 3. The zero-order chi connectivity index (χ0) is 11.8. The number of amidine groups is 1. The fourth-order valence-electron chi connectivity index (χ4n) is 1.20. The minimum Gasteiger partial charge on any atom is -0.493 e. The van der Waals surface area contributed by atoms with Crippen LogP contribution in [0.1, 0.15) is 12.0 Å². The number of nitrogens with two attached hydrogens (primary N) is 1. The van der Waals surface area contributed by atoms with Gasteiger partial charge in [-0.15, -0.1) is 0 Å². The molecule has 5 heteroatoms. The van der Waals surface area contributed by atoms with E-state index in [1.54, 1.807) is 0 Å². The van der Waals surface area contributed by atoms with Crippen molar-refractivity contribution in [1.29, 1.82) is 0 Å². The molecule has 16 heavy (non-hydrogen) atoms. The van der Waals surface area contributed by atoms with Crippen molar-refractivity contribution < 1.29 is 15.1 Å². The monoisotopic (exact) mass is 224 g/mol. The topological polar surface area (TPSA) is 88.1 Å². The van der Waals surface area contributed by atoms with Crippen molar-refractivity contribution in [1.82, 2.24) is 0 Å². The molecule has 5 nitrogen and oxygen atoms in total. The van der Waals surface area contributed by atoms with Crippen LogP contribution in [0.25, 0.3) is 0 Å². The molecule has 0 aromatic heterocycles. The fourth-order valence-corrected chi connectivity index (χ4v) is 1.20. The summed E-state index contributed by atoms with van der Waals surface area (Å²) in [6.07, 6.45) is 1.03. The van der Waals surface area contributed by atoms with Crippen LogP contribution in [0.2, 0.25) is 0 Å². The molecular weight excluding hydrogens is 208 g/mol. The molecule has 0 amide bonds. The van der Waals surface area contributed by atoms with Gasteiger partial charge in [-0.3, -0.25) is 0 Å². The third-order valence-corrected chi connectivity index (χ3v) is 2.08. The predicted octanol–water partition coefficient (Wildman–Crippen LogP) is 0.737. The standard InChI is InChI=1S/C11H16N2O3/c12-11(13-15)6-8-16-10-3-1-9(2-4-10)5-7-14/h1-4,14-15H,5-8H2,(H2,12,13). The average molecular weight is 224 g/mol. The van der Waals surface area contributed by atoms with E-state index in [-0.39, 0.29) is 12.4 Å². The lowest BCUT2D eigenvalue weighted by molar-refractivity contribution is 0.299. The van der Waals surface area contributed by atoms with Crippen LogP contribution >= 0.6 is 0 Å². The Morgan fingerprint density at radius 2 is 2.00 bits per heavy atom. The molecule has 0 fully saturated rings. The molecule has 88 valence electrons. The molecule has 0 atom stereocenters. The van der Waals surface area contributed by atoms with Gasteiger partial charge < -0.3 is 20.8 Å². The SMILES string of the molecule is N/C(CCOc1ccc(CCO)cc1)=N/O. The Kier molecular flexibility index (Phi) is 5.15. The van der Waals surface area contributed by atoms with Gasteiger partial charge in [-0.1, -0.05) is 17.3 Å². The first-order chi connectivity index (χ1) is 7.76. The van der Waals surface area contributed by atoms with Crippen LogP contribution in [-0.4, -0.2) is 29.4 Å². The van der Waals surface area contributed by atoms with Crippen molar-refractivity contribution in [3.05, 3.63) is 29.8 Å². The van der Waals surface area contributed by atoms with Crippen molar-refractivity contribution >= 4 is 5.84 Å². The highest BCUT2D eigenvalue weighted by molar-refractivity contribution is 5.79. The van der Waals surface area contributed by atoms with Gasteiger partial charge in [-0.05, 0) is 24.1 Å². The van der Waals surface area contributed by atoms with E-state index in [4.69, 9.17) is 20.8 Å². The number of hydrogen-bond acceptors (Lipinski definition) is 4. The predicted molar refractivity (Wildman–Crippen MR) is 60.8 cm³/mol. The van der Waals surface area contributed by atoms with Crippen LogP contribution in [-0.2, 0) is 6.42 Å². The normalized spacial score (nSPS) is 11.4. The summed E-state index contributed by atoms with van der Waals surface area (Å²) in [5, 5.41) is 19.9. The number of aliphatic hydroxyl groups is 1. The zero-order valence-electron chi connectivity index (χ0n) is 8.97. The first kappa shape index (κ1) is 12.3. The van der Waals surface area contributed by atoms with Crippen LogP contribution in [0, 0.1) is 0 Å². The molecule has 0 radical (unpaired) electrons. The highest BCUT2D eigenvalue weighted by atomic mass is 16.5. The Labute approximate surface area is 94.1 Å². The third-order valence-electron chi connectivity index (χ3n) is 2.08. The summed E-state index contributed by atoms with van der Waals surface area (Å²) in [6.45, 7) is 0.513. The van der Waals surface area contributed by atoms with E-state index in [2.05, 4.69) is 5.16 Å². The van der Waals surface area contributed by atoms with Crippen molar-refractivity contribution in [2.75, 3.05) is 13.2 Å². The summed E-state index contributed by atoms with van der Waals surface area (Å²) in [7, 11) is 0. The molecule has 0 aliphatic rings. The summed E-state index contributed by atoms with van der Waals surface area (Å²) in [6, 6.07) is 7.46. The zero-order valence-corrected chi connectivity index (χ0v) is 8.97. The van der Waals surface area contributed by atoms with Crippen LogP contribution in [0.15, 0.2) is 29.4 Å². The molecule has 1 aromatic carbocycles. The number of benzene rings is 1. The lowest BCUT2D eigenvalue weighted by Gasteiger charge is -2.06. The lowest BCUT2D eigenvalue weighted by Crippen LogP contribution is -2.15. The number of rotatable bonds is 6. The smallest absolute Gasteiger partial charge is 0.142 e. The van der Waals surface area contributed by atoms with Crippen molar-refractivity contribution in [3.63, 3.8) is 0 Å². The van der Waals surface area contributed by atoms with E-state index >= 15 is 0 Å². The molecule has 1 rings (SSSR count). The van der Waals surface area contributed by atoms with Gasteiger partial charge in [-0.2, -0.15) is 0 Å². The second-order valence-electron chi connectivity index (χ2n) is 3.31. The van der Waals surface area contributed by atoms with E-state index in [1.807, 2.05) is 24.3 Å². The summed E-state index contributed by atoms with van der Waals surface area (Å²) in [4.78, 5) is 0. The largest absolute Gasteiger partial charge is 0.493 e. The molecule has 0 heterocycles. The number of aliphatic hydroxyl groups excluding tert-OH is 1. The minimum absolute atomic E-state index is 0.143. The first-order valence-electron chi connectivity index (χ1n) is 5.05. The molecule has 1 aromatic rings. The van der Waals surface area contributed by atoms with Gasteiger partial charge in [0.15, 0.2) is 0 Å². The maximum Gasteiger partial charge on any atom is 0.142 e. The molecule has 0 saturated carbocycles. The Bertz CT molecular complexity index is 336. The minimum atomic E-state index is 0.143. The molecule has 0 bridgehead atoms. The molecule has 4 N–H and O–H groups in total. The number of ether oxygens (including phenoxy) is 1. The van der Waals surface area contributed by atoms with E-state index in [0.717, 1.165) is 11.3 Å². The molecular formula is C11H16N2O3. The average Bonchev–Trinajstić information content (AvgIpc) is 2.31. The van der Waals surface area contributed by atoms with Crippen molar-refractivity contribution in [3.8, 4) is 5.75 Å². The van der Waals surface area contributed by atoms with Gasteiger partial charge in [0.2, 0.25) is 0 Å². The van der Waals surface area contributed by atoms with Gasteiger partial charge in [0, 0.05) is 13.0 Å². The summed E-state index contributed by atoms with van der Waals surface area (Å²) in [5.74, 6) is 0.879.